The fourth-order valence-electron chi connectivity index (χ4n) is 4.15. The topological polar surface area (TPSA) is 89.7 Å². The first kappa shape index (κ1) is 19.3. The molecule has 7 heteroatoms. The average molecular weight is 376 g/mol. The summed E-state index contributed by atoms with van der Waals surface area (Å²) in [6.45, 7) is 0.450. The Bertz CT molecular complexity index is 713. The quantitative estimate of drug-likeness (QED) is 0.795. The number of rotatable bonds is 5. The molecule has 0 unspecified atom stereocenters. The van der Waals surface area contributed by atoms with Crippen molar-refractivity contribution in [3.05, 3.63) is 35.6 Å². The molecule has 1 heterocycles. The van der Waals surface area contributed by atoms with E-state index in [0.29, 0.717) is 32.2 Å². The summed E-state index contributed by atoms with van der Waals surface area (Å²) in [6, 6.07) is 5.91. The van der Waals surface area contributed by atoms with Gasteiger partial charge in [-0.05, 0) is 43.4 Å². The minimum atomic E-state index is -0.814. The molecule has 1 saturated carbocycles. The van der Waals surface area contributed by atoms with Gasteiger partial charge in [-0.2, -0.15) is 0 Å². The number of esters is 1. The number of ether oxygens (including phenoxy) is 1. The highest BCUT2D eigenvalue weighted by atomic mass is 19.1. The predicted octanol–water partition coefficient (Wildman–Crippen LogP) is 1.90. The maximum atomic E-state index is 13.2. The Morgan fingerprint density at radius 1 is 1.15 bits per heavy atom. The number of carbonyl (C=O) groups is 3. The second kappa shape index (κ2) is 8.06. The fraction of sp³-hybridized carbons (Fsp3) is 0.550. The number of amides is 2. The number of likely N-dealkylation sites (tertiary alicyclic amines) is 1. The number of carbonyl (C=O) groups excluding carboxylic acids is 3. The Morgan fingerprint density at radius 3 is 2.44 bits per heavy atom. The molecule has 1 aliphatic carbocycles. The molecule has 27 heavy (non-hydrogen) atoms. The van der Waals surface area contributed by atoms with Gasteiger partial charge < -0.3 is 15.4 Å². The first-order valence-electron chi connectivity index (χ1n) is 9.43. The number of hydrogen-bond acceptors (Lipinski definition) is 4. The van der Waals surface area contributed by atoms with Gasteiger partial charge in [0.1, 0.15) is 5.82 Å². The molecule has 0 spiro atoms. The number of piperidine rings is 1. The molecule has 146 valence electrons. The molecular weight excluding hydrogens is 351 g/mol. The zero-order valence-corrected chi connectivity index (χ0v) is 15.3. The molecule has 3 rings (SSSR count). The van der Waals surface area contributed by atoms with Crippen molar-refractivity contribution in [2.75, 3.05) is 19.7 Å². The van der Waals surface area contributed by atoms with Gasteiger partial charge in [0.05, 0.1) is 11.3 Å². The van der Waals surface area contributed by atoms with Crippen molar-refractivity contribution >= 4 is 17.8 Å². The monoisotopic (exact) mass is 376 g/mol. The Kier molecular flexibility index (Phi) is 5.77. The van der Waals surface area contributed by atoms with Crippen molar-refractivity contribution in [2.24, 2.45) is 11.7 Å². The molecule has 1 saturated heterocycles. The van der Waals surface area contributed by atoms with Crippen LogP contribution in [0.5, 0.6) is 0 Å². The molecule has 2 aliphatic rings. The number of nitrogens with zero attached hydrogens (tertiary/aromatic N) is 1. The smallest absolute Gasteiger partial charge is 0.317 e. The molecule has 1 aliphatic heterocycles. The highest BCUT2D eigenvalue weighted by Crippen LogP contribution is 2.42. The second-order valence-electron chi connectivity index (χ2n) is 7.45. The maximum Gasteiger partial charge on any atom is 0.317 e. The normalized spacial score (nSPS) is 21.7. The first-order valence-corrected chi connectivity index (χ1v) is 9.43. The van der Waals surface area contributed by atoms with Crippen LogP contribution in [0.3, 0.4) is 0 Å². The van der Waals surface area contributed by atoms with Crippen molar-refractivity contribution in [3.63, 3.8) is 0 Å². The van der Waals surface area contributed by atoms with Gasteiger partial charge in [-0.25, -0.2) is 4.39 Å². The van der Waals surface area contributed by atoms with E-state index in [4.69, 9.17) is 10.5 Å². The molecule has 0 radical (unpaired) electrons. The minimum absolute atomic E-state index is 0.273. The predicted molar refractivity (Wildman–Crippen MR) is 96.0 cm³/mol. The summed E-state index contributed by atoms with van der Waals surface area (Å²) in [6.07, 6.45) is 4.39. The van der Waals surface area contributed by atoms with Gasteiger partial charge in [0.25, 0.3) is 5.91 Å². The van der Waals surface area contributed by atoms with Gasteiger partial charge >= 0.3 is 5.97 Å². The molecule has 6 nitrogen and oxygen atoms in total. The maximum absolute atomic E-state index is 13.2. The van der Waals surface area contributed by atoms with Crippen LogP contribution in [0.1, 0.15) is 44.1 Å². The lowest BCUT2D eigenvalue weighted by molar-refractivity contribution is -0.158. The minimum Gasteiger partial charge on any atom is -0.455 e. The van der Waals surface area contributed by atoms with Crippen LogP contribution in [-0.2, 0) is 24.5 Å². The van der Waals surface area contributed by atoms with E-state index in [1.54, 1.807) is 12.1 Å². The van der Waals surface area contributed by atoms with E-state index >= 15 is 0 Å². The molecule has 0 bridgehead atoms. The lowest BCUT2D eigenvalue weighted by Gasteiger charge is -2.32. The number of hydrogen-bond donors (Lipinski definition) is 1. The standard InChI is InChI=1S/C20H25FN2O4/c21-16-7-5-15(6-8-16)20(9-1-2-10-20)19(26)27-13-17(24)23-11-3-4-14(12-23)18(22)25/h5-8,14H,1-4,9-13H2,(H2,22,25)/t14-/m1/s1. The lowest BCUT2D eigenvalue weighted by atomic mass is 9.79. The Balaban J connectivity index is 1.64. The van der Waals surface area contributed by atoms with Gasteiger partial charge in [-0.3, -0.25) is 14.4 Å². The van der Waals surface area contributed by atoms with Crippen LogP contribution < -0.4 is 5.73 Å². The summed E-state index contributed by atoms with van der Waals surface area (Å²) >= 11 is 0. The Morgan fingerprint density at radius 2 is 1.81 bits per heavy atom. The van der Waals surface area contributed by atoms with E-state index in [1.165, 1.54) is 17.0 Å². The zero-order valence-electron chi connectivity index (χ0n) is 15.3. The van der Waals surface area contributed by atoms with Crippen LogP contribution in [0.2, 0.25) is 0 Å². The number of nitrogens with two attached hydrogens (primary N) is 1. The molecule has 2 amide bonds. The van der Waals surface area contributed by atoms with Crippen LogP contribution >= 0.6 is 0 Å². The molecule has 1 aromatic rings. The van der Waals surface area contributed by atoms with Crippen molar-refractivity contribution in [2.45, 2.75) is 43.9 Å². The summed E-state index contributed by atoms with van der Waals surface area (Å²) in [7, 11) is 0. The summed E-state index contributed by atoms with van der Waals surface area (Å²) in [5, 5.41) is 0. The highest BCUT2D eigenvalue weighted by molar-refractivity contribution is 5.87. The molecule has 2 N–H and O–H groups in total. The van der Waals surface area contributed by atoms with E-state index in [-0.39, 0.29) is 30.8 Å². The van der Waals surface area contributed by atoms with E-state index in [1.807, 2.05) is 0 Å². The third-order valence-electron chi connectivity index (χ3n) is 5.75. The van der Waals surface area contributed by atoms with Crippen molar-refractivity contribution in [1.82, 2.24) is 4.90 Å². The largest absolute Gasteiger partial charge is 0.455 e. The van der Waals surface area contributed by atoms with E-state index in [9.17, 15) is 18.8 Å². The summed E-state index contributed by atoms with van der Waals surface area (Å²) in [5.41, 5.74) is 5.25. The number of benzene rings is 1. The fourth-order valence-corrected chi connectivity index (χ4v) is 4.15. The first-order chi connectivity index (χ1) is 12.9. The van der Waals surface area contributed by atoms with Gasteiger partial charge in [0.15, 0.2) is 6.61 Å². The van der Waals surface area contributed by atoms with Crippen molar-refractivity contribution < 1.29 is 23.5 Å². The summed E-state index contributed by atoms with van der Waals surface area (Å²) in [4.78, 5) is 38.2. The third-order valence-corrected chi connectivity index (χ3v) is 5.75. The van der Waals surface area contributed by atoms with Gasteiger partial charge in [0, 0.05) is 13.1 Å². The molecule has 2 fully saturated rings. The summed E-state index contributed by atoms with van der Waals surface area (Å²) < 4.78 is 18.6. The van der Waals surface area contributed by atoms with Crippen molar-refractivity contribution in [3.8, 4) is 0 Å². The SMILES string of the molecule is NC(=O)[C@@H]1CCCN(C(=O)COC(=O)C2(c3ccc(F)cc3)CCCC2)C1. The highest BCUT2D eigenvalue weighted by Gasteiger charge is 2.44. The van der Waals surface area contributed by atoms with Crippen molar-refractivity contribution in [1.29, 1.82) is 0 Å². The van der Waals surface area contributed by atoms with Gasteiger partial charge in [-0.1, -0.05) is 25.0 Å². The lowest BCUT2D eigenvalue weighted by Crippen LogP contribution is -2.46. The van der Waals surface area contributed by atoms with E-state index in [0.717, 1.165) is 18.4 Å². The average Bonchev–Trinajstić information content (AvgIpc) is 3.17. The molecule has 1 atom stereocenters. The van der Waals surface area contributed by atoms with Crippen LogP contribution in [0.15, 0.2) is 24.3 Å². The molecule has 0 aromatic heterocycles. The van der Waals surface area contributed by atoms with Crippen LogP contribution in [0.4, 0.5) is 4.39 Å². The van der Waals surface area contributed by atoms with E-state index in [2.05, 4.69) is 0 Å². The summed E-state index contributed by atoms with van der Waals surface area (Å²) in [5.74, 6) is -1.88. The molecular formula is C20H25FN2O4. The van der Waals surface area contributed by atoms with Gasteiger partial charge in [-0.15, -0.1) is 0 Å². The molecule has 1 aromatic carbocycles. The zero-order chi connectivity index (χ0) is 19.4. The second-order valence-corrected chi connectivity index (χ2v) is 7.45. The van der Waals surface area contributed by atoms with Gasteiger partial charge in [0.2, 0.25) is 5.91 Å². The Hall–Kier alpha value is -2.44. The Labute approximate surface area is 157 Å². The number of halogens is 1. The van der Waals surface area contributed by atoms with E-state index < -0.39 is 17.3 Å². The van der Waals surface area contributed by atoms with Crippen LogP contribution in [0, 0.1) is 11.7 Å². The number of primary amides is 1. The van der Waals surface area contributed by atoms with Crippen LogP contribution in [-0.4, -0.2) is 42.4 Å². The van der Waals surface area contributed by atoms with Crippen LogP contribution in [0.25, 0.3) is 0 Å². The third kappa shape index (κ3) is 4.12.